The third-order valence-corrected chi connectivity index (χ3v) is 4.18. The fourth-order valence-corrected chi connectivity index (χ4v) is 3.10. The maximum Gasteiger partial charge on any atom is 0.123 e. The topological polar surface area (TPSA) is 12.0 Å². The van der Waals surface area contributed by atoms with Crippen molar-refractivity contribution in [3.05, 3.63) is 70.5 Å². The molecule has 2 aromatic rings. The van der Waals surface area contributed by atoms with Crippen LogP contribution in [0, 0.1) is 12.7 Å². The van der Waals surface area contributed by atoms with Crippen LogP contribution in [0.15, 0.2) is 42.5 Å². The van der Waals surface area contributed by atoms with Gasteiger partial charge in [-0.1, -0.05) is 35.9 Å². The van der Waals surface area contributed by atoms with Crippen molar-refractivity contribution in [3.8, 4) is 0 Å². The van der Waals surface area contributed by atoms with Crippen LogP contribution in [0.4, 0.5) is 4.39 Å². The van der Waals surface area contributed by atoms with Crippen molar-refractivity contribution in [1.82, 2.24) is 5.32 Å². The minimum absolute atomic E-state index is 0.129. The number of hydrogen-bond acceptors (Lipinski definition) is 1. The van der Waals surface area contributed by atoms with E-state index in [1.54, 1.807) is 12.1 Å². The van der Waals surface area contributed by atoms with Gasteiger partial charge in [0.15, 0.2) is 0 Å². The van der Waals surface area contributed by atoms with Crippen LogP contribution in [0.2, 0.25) is 0 Å². The Morgan fingerprint density at radius 2 is 2.05 bits per heavy atom. The monoisotopic (exact) mass is 269 g/mol. The van der Waals surface area contributed by atoms with Crippen LogP contribution in [0.5, 0.6) is 0 Å². The average Bonchev–Trinajstić information content (AvgIpc) is 2.81. The number of halogens is 1. The lowest BCUT2D eigenvalue weighted by molar-refractivity contribution is 0.465. The van der Waals surface area contributed by atoms with E-state index in [2.05, 4.69) is 43.4 Å². The van der Waals surface area contributed by atoms with Crippen LogP contribution in [-0.4, -0.2) is 0 Å². The molecule has 1 aliphatic carbocycles. The number of hydrogen-bond donors (Lipinski definition) is 1. The second-order valence-electron chi connectivity index (χ2n) is 5.74. The molecule has 1 nitrogen and oxygen atoms in total. The quantitative estimate of drug-likeness (QED) is 0.866. The van der Waals surface area contributed by atoms with Crippen molar-refractivity contribution in [2.24, 2.45) is 0 Å². The summed E-state index contributed by atoms with van der Waals surface area (Å²) in [5.41, 5.74) is 5.00. The number of fused-ring (bicyclic) bond motifs is 1. The van der Waals surface area contributed by atoms with Gasteiger partial charge in [0.25, 0.3) is 0 Å². The van der Waals surface area contributed by atoms with E-state index < -0.39 is 0 Å². The number of aryl methyl sites for hydroxylation is 2. The fraction of sp³-hybridized carbons (Fsp3) is 0.333. The molecule has 0 bridgehead atoms. The van der Waals surface area contributed by atoms with Gasteiger partial charge in [-0.05, 0) is 55.5 Å². The first-order valence-electron chi connectivity index (χ1n) is 7.24. The lowest BCUT2D eigenvalue weighted by Crippen LogP contribution is -2.23. The Kier molecular flexibility index (Phi) is 3.58. The van der Waals surface area contributed by atoms with Gasteiger partial charge < -0.3 is 5.32 Å². The predicted octanol–water partition coefficient (Wildman–Crippen LogP) is 4.47. The predicted molar refractivity (Wildman–Crippen MR) is 80.2 cm³/mol. The molecule has 1 N–H and O–H groups in total. The Hall–Kier alpha value is -1.67. The highest BCUT2D eigenvalue weighted by Gasteiger charge is 2.24. The molecule has 0 saturated carbocycles. The number of nitrogens with one attached hydrogen (secondary N) is 1. The highest BCUT2D eigenvalue weighted by Crippen LogP contribution is 2.33. The molecule has 104 valence electrons. The van der Waals surface area contributed by atoms with Gasteiger partial charge in [0.1, 0.15) is 5.82 Å². The minimum Gasteiger partial charge on any atom is -0.303 e. The molecular formula is C18H20FN. The van der Waals surface area contributed by atoms with Gasteiger partial charge in [0, 0.05) is 12.1 Å². The van der Waals surface area contributed by atoms with Gasteiger partial charge in [0.05, 0.1) is 0 Å². The first-order chi connectivity index (χ1) is 9.63. The molecule has 0 aliphatic heterocycles. The molecule has 20 heavy (non-hydrogen) atoms. The molecule has 2 atom stereocenters. The van der Waals surface area contributed by atoms with Gasteiger partial charge >= 0.3 is 0 Å². The molecule has 2 aromatic carbocycles. The highest BCUT2D eigenvalue weighted by molar-refractivity contribution is 5.35. The summed E-state index contributed by atoms with van der Waals surface area (Å²) in [5.74, 6) is -0.129. The lowest BCUT2D eigenvalue weighted by atomic mass is 10.0. The normalized spacial score (nSPS) is 18.9. The second-order valence-corrected chi connectivity index (χ2v) is 5.74. The molecule has 0 radical (unpaired) electrons. The van der Waals surface area contributed by atoms with Crippen molar-refractivity contribution in [2.45, 2.75) is 38.8 Å². The van der Waals surface area contributed by atoms with Crippen LogP contribution in [-0.2, 0) is 6.42 Å². The van der Waals surface area contributed by atoms with Crippen molar-refractivity contribution < 1.29 is 4.39 Å². The van der Waals surface area contributed by atoms with Gasteiger partial charge in [-0.2, -0.15) is 0 Å². The van der Waals surface area contributed by atoms with Crippen LogP contribution in [0.3, 0.4) is 0 Å². The first kappa shape index (κ1) is 13.3. The summed E-state index contributed by atoms with van der Waals surface area (Å²) in [6.07, 6.45) is 2.01. The number of benzene rings is 2. The van der Waals surface area contributed by atoms with E-state index in [4.69, 9.17) is 0 Å². The molecule has 1 unspecified atom stereocenters. The first-order valence-corrected chi connectivity index (χ1v) is 7.24. The van der Waals surface area contributed by atoms with E-state index >= 15 is 0 Å². The molecule has 0 spiro atoms. The van der Waals surface area contributed by atoms with Gasteiger partial charge in [-0.25, -0.2) is 4.39 Å². The zero-order chi connectivity index (χ0) is 14.1. The van der Waals surface area contributed by atoms with Crippen LogP contribution < -0.4 is 5.32 Å². The maximum absolute atomic E-state index is 13.2. The molecule has 0 aromatic heterocycles. The maximum atomic E-state index is 13.2. The summed E-state index contributed by atoms with van der Waals surface area (Å²) in [6.45, 7) is 4.31. The third kappa shape index (κ3) is 2.61. The molecule has 0 saturated heterocycles. The van der Waals surface area contributed by atoms with E-state index in [9.17, 15) is 4.39 Å². The summed E-state index contributed by atoms with van der Waals surface area (Å²) in [5, 5.41) is 3.68. The SMILES string of the molecule is Cc1cccc([C@@H](C)NC2CCc3cc(F)ccc32)c1. The fourth-order valence-electron chi connectivity index (χ4n) is 3.10. The van der Waals surface area contributed by atoms with E-state index in [1.807, 2.05) is 6.07 Å². The van der Waals surface area contributed by atoms with E-state index in [0.717, 1.165) is 18.4 Å². The Balaban J connectivity index is 1.77. The molecule has 2 heteroatoms. The molecule has 0 amide bonds. The summed E-state index contributed by atoms with van der Waals surface area (Å²) in [6, 6.07) is 14.4. The molecule has 1 aliphatic rings. The van der Waals surface area contributed by atoms with Crippen LogP contribution in [0.1, 0.15) is 47.7 Å². The van der Waals surface area contributed by atoms with E-state index in [0.29, 0.717) is 12.1 Å². The van der Waals surface area contributed by atoms with Gasteiger partial charge in [-0.15, -0.1) is 0 Å². The summed E-state index contributed by atoms with van der Waals surface area (Å²) in [7, 11) is 0. The lowest BCUT2D eigenvalue weighted by Gasteiger charge is -2.21. The molecule has 0 heterocycles. The van der Waals surface area contributed by atoms with Crippen molar-refractivity contribution in [2.75, 3.05) is 0 Å². The van der Waals surface area contributed by atoms with Crippen molar-refractivity contribution in [1.29, 1.82) is 0 Å². The number of rotatable bonds is 3. The summed E-state index contributed by atoms with van der Waals surface area (Å²) >= 11 is 0. The molecule has 0 fully saturated rings. The second kappa shape index (κ2) is 5.37. The largest absolute Gasteiger partial charge is 0.303 e. The Morgan fingerprint density at radius 1 is 1.20 bits per heavy atom. The zero-order valence-corrected chi connectivity index (χ0v) is 12.0. The van der Waals surface area contributed by atoms with E-state index in [1.165, 1.54) is 16.7 Å². The minimum atomic E-state index is -0.129. The van der Waals surface area contributed by atoms with Crippen LogP contribution in [0.25, 0.3) is 0 Å². The Bertz CT molecular complexity index is 621. The third-order valence-electron chi connectivity index (χ3n) is 4.18. The Morgan fingerprint density at radius 3 is 2.85 bits per heavy atom. The smallest absolute Gasteiger partial charge is 0.123 e. The van der Waals surface area contributed by atoms with Crippen molar-refractivity contribution >= 4 is 0 Å². The molecule has 3 rings (SSSR count). The highest BCUT2D eigenvalue weighted by atomic mass is 19.1. The summed E-state index contributed by atoms with van der Waals surface area (Å²) < 4.78 is 13.2. The average molecular weight is 269 g/mol. The zero-order valence-electron chi connectivity index (χ0n) is 12.0. The Labute approximate surface area is 119 Å². The molecular weight excluding hydrogens is 249 g/mol. The van der Waals surface area contributed by atoms with Gasteiger partial charge in [-0.3, -0.25) is 0 Å². The standard InChI is InChI=1S/C18H20FN/c1-12-4-3-5-14(10-12)13(2)20-18-9-6-15-11-16(19)7-8-17(15)18/h3-5,7-8,10-11,13,18,20H,6,9H2,1-2H3/t13-,18?/m1/s1. The van der Waals surface area contributed by atoms with Gasteiger partial charge in [0.2, 0.25) is 0 Å². The summed E-state index contributed by atoms with van der Waals surface area (Å²) in [4.78, 5) is 0. The van der Waals surface area contributed by atoms with E-state index in [-0.39, 0.29) is 5.82 Å². The van der Waals surface area contributed by atoms with Crippen LogP contribution >= 0.6 is 0 Å². The van der Waals surface area contributed by atoms with Crippen molar-refractivity contribution in [3.63, 3.8) is 0 Å².